The molecule has 0 N–H and O–H groups in total. The van der Waals surface area contributed by atoms with Gasteiger partial charge in [0.2, 0.25) is 0 Å². The minimum Gasteiger partial charge on any atom is -0.452 e. The fourth-order valence-corrected chi connectivity index (χ4v) is 4.62. The predicted octanol–water partition coefficient (Wildman–Crippen LogP) is 7.77. The molecule has 6 rings (SSSR count). The molecule has 4 heteroatoms. The summed E-state index contributed by atoms with van der Waals surface area (Å²) in [5.74, 6) is 0. The van der Waals surface area contributed by atoms with Crippen molar-refractivity contribution in [3.05, 3.63) is 78.6 Å². The molecular weight excluding hydrogens is 406 g/mol. The smallest absolute Gasteiger partial charge is 0.182 e. The second kappa shape index (κ2) is 6.67. The third-order valence-electron chi connectivity index (χ3n) is 7.57. The van der Waals surface area contributed by atoms with Crippen molar-refractivity contribution < 1.29 is 4.42 Å². The quantitative estimate of drug-likeness (QED) is 0.280. The molecule has 0 unspecified atom stereocenters. The molecule has 0 bridgehead atoms. The number of para-hydroxylation sites is 2. The van der Waals surface area contributed by atoms with E-state index in [9.17, 15) is 0 Å². The maximum atomic E-state index is 6.40. The van der Waals surface area contributed by atoms with Crippen molar-refractivity contribution in [3.8, 4) is 11.3 Å². The molecule has 0 aliphatic rings. The van der Waals surface area contributed by atoms with E-state index < -0.39 is 0 Å². The van der Waals surface area contributed by atoms with E-state index in [4.69, 9.17) is 14.4 Å². The molecule has 0 spiro atoms. The van der Waals surface area contributed by atoms with E-state index in [1.165, 1.54) is 5.56 Å². The molecule has 0 saturated heterocycles. The molecule has 6 aromatic rings. The topological polar surface area (TPSA) is 43.3 Å². The average Bonchev–Trinajstić information content (AvgIpc) is 3.36. The van der Waals surface area contributed by atoms with E-state index in [1.807, 2.05) is 36.5 Å². The summed E-state index contributed by atoms with van der Waals surface area (Å²) >= 11 is 0. The molecule has 164 valence electrons. The molecule has 0 atom stereocenters. The molecule has 0 radical (unpaired) electrons. The lowest BCUT2D eigenvalue weighted by Crippen LogP contribution is -2.33. The van der Waals surface area contributed by atoms with Crippen LogP contribution in [0.15, 0.2) is 77.5 Å². The Balaban J connectivity index is 1.63. The van der Waals surface area contributed by atoms with Crippen LogP contribution in [-0.2, 0) is 5.41 Å². The lowest BCUT2D eigenvalue weighted by molar-refractivity contribution is 0.225. The van der Waals surface area contributed by atoms with Crippen molar-refractivity contribution >= 4 is 38.6 Å². The summed E-state index contributed by atoms with van der Waals surface area (Å²) in [5, 5.41) is 2.14. The highest BCUT2D eigenvalue weighted by Gasteiger charge is 2.34. The van der Waals surface area contributed by atoms with Crippen LogP contribution in [-0.4, -0.2) is 14.4 Å². The number of fused-ring (bicyclic) bond motifs is 7. The molecule has 33 heavy (non-hydrogen) atoms. The molecule has 0 aliphatic carbocycles. The van der Waals surface area contributed by atoms with Crippen LogP contribution in [0.1, 0.15) is 40.2 Å². The second-order valence-electron chi connectivity index (χ2n) is 10.4. The van der Waals surface area contributed by atoms with Crippen LogP contribution in [0.5, 0.6) is 0 Å². The Kier molecular flexibility index (Phi) is 4.04. The van der Waals surface area contributed by atoms with E-state index in [-0.39, 0.29) is 10.8 Å². The Labute approximate surface area is 192 Å². The van der Waals surface area contributed by atoms with Crippen LogP contribution in [0.25, 0.3) is 49.9 Å². The molecular formula is C29H27N3O. The zero-order chi connectivity index (χ0) is 23.0. The summed E-state index contributed by atoms with van der Waals surface area (Å²) < 4.78 is 8.50. The van der Waals surface area contributed by atoms with E-state index in [1.54, 1.807) is 0 Å². The monoisotopic (exact) mass is 433 g/mol. The van der Waals surface area contributed by atoms with Gasteiger partial charge in [-0.3, -0.25) is 9.38 Å². The van der Waals surface area contributed by atoms with Gasteiger partial charge >= 0.3 is 0 Å². The number of imidazole rings is 1. The molecule has 0 saturated carbocycles. The number of nitrogens with zero attached hydrogens (tertiary/aromatic N) is 3. The first kappa shape index (κ1) is 20.0. The highest BCUT2D eigenvalue weighted by atomic mass is 16.3. The van der Waals surface area contributed by atoms with Gasteiger partial charge in [0.25, 0.3) is 0 Å². The zero-order valence-electron chi connectivity index (χ0n) is 19.7. The van der Waals surface area contributed by atoms with Crippen LogP contribution in [0.2, 0.25) is 0 Å². The normalized spacial score (nSPS) is 13.0. The van der Waals surface area contributed by atoms with Gasteiger partial charge in [0.1, 0.15) is 5.58 Å². The van der Waals surface area contributed by atoms with Crippen molar-refractivity contribution in [1.82, 2.24) is 14.4 Å². The lowest BCUT2D eigenvalue weighted by Gasteiger charge is -2.39. The standard InChI is InChI=1S/C29H27N3O/c1-28(2,3)29(4,5)18-13-15-30-22(17-18)19-9-8-12-24-25(19)20-14-16-32-23-11-7-6-10-21(23)31-27(32)26(20)33-24/h6-17H,1-5H3. The van der Waals surface area contributed by atoms with Crippen LogP contribution < -0.4 is 0 Å². The first-order valence-corrected chi connectivity index (χ1v) is 11.4. The van der Waals surface area contributed by atoms with Gasteiger partial charge in [0, 0.05) is 28.7 Å². The van der Waals surface area contributed by atoms with Crippen molar-refractivity contribution in [3.63, 3.8) is 0 Å². The lowest BCUT2D eigenvalue weighted by atomic mass is 9.65. The number of hydrogen-bond donors (Lipinski definition) is 0. The number of rotatable bonds is 2. The Morgan fingerprint density at radius 1 is 0.879 bits per heavy atom. The summed E-state index contributed by atoms with van der Waals surface area (Å²) in [4.78, 5) is 9.64. The van der Waals surface area contributed by atoms with Crippen LogP contribution >= 0.6 is 0 Å². The van der Waals surface area contributed by atoms with Crippen molar-refractivity contribution in [1.29, 1.82) is 0 Å². The minimum absolute atomic E-state index is 0.000824. The second-order valence-corrected chi connectivity index (χ2v) is 10.4. The predicted molar refractivity (Wildman–Crippen MR) is 136 cm³/mol. The maximum absolute atomic E-state index is 6.40. The van der Waals surface area contributed by atoms with Gasteiger partial charge in [-0.2, -0.15) is 0 Å². The van der Waals surface area contributed by atoms with Gasteiger partial charge in [-0.1, -0.05) is 58.9 Å². The van der Waals surface area contributed by atoms with Crippen molar-refractivity contribution in [2.24, 2.45) is 5.41 Å². The molecule has 0 aliphatic heterocycles. The summed E-state index contributed by atoms with van der Waals surface area (Å²) in [6.07, 6.45) is 4.02. The molecule has 2 aromatic carbocycles. The average molecular weight is 434 g/mol. The first-order valence-electron chi connectivity index (χ1n) is 11.4. The zero-order valence-corrected chi connectivity index (χ0v) is 19.7. The molecule has 0 fully saturated rings. The van der Waals surface area contributed by atoms with Gasteiger partial charge in [-0.25, -0.2) is 4.98 Å². The van der Waals surface area contributed by atoms with E-state index in [2.05, 4.69) is 75.5 Å². The van der Waals surface area contributed by atoms with Crippen LogP contribution in [0, 0.1) is 5.41 Å². The maximum Gasteiger partial charge on any atom is 0.182 e. The van der Waals surface area contributed by atoms with Crippen LogP contribution in [0.4, 0.5) is 0 Å². The Hall–Kier alpha value is -3.66. The number of furan rings is 1. The Morgan fingerprint density at radius 2 is 1.70 bits per heavy atom. The van der Waals surface area contributed by atoms with E-state index in [0.717, 1.165) is 49.9 Å². The minimum atomic E-state index is -0.000824. The highest BCUT2D eigenvalue weighted by molar-refractivity contribution is 6.15. The van der Waals surface area contributed by atoms with Gasteiger partial charge in [-0.05, 0) is 52.8 Å². The summed E-state index contributed by atoms with van der Waals surface area (Å²) in [7, 11) is 0. The van der Waals surface area contributed by atoms with E-state index >= 15 is 0 Å². The molecule has 4 heterocycles. The number of hydrogen-bond acceptors (Lipinski definition) is 3. The molecule has 4 aromatic heterocycles. The number of benzene rings is 2. The summed E-state index contributed by atoms with van der Waals surface area (Å²) in [5.41, 5.74) is 7.99. The third-order valence-corrected chi connectivity index (χ3v) is 7.57. The van der Waals surface area contributed by atoms with Gasteiger partial charge < -0.3 is 4.42 Å². The summed E-state index contributed by atoms with van der Waals surface area (Å²) in [6, 6.07) is 20.9. The van der Waals surface area contributed by atoms with Crippen molar-refractivity contribution in [2.45, 2.75) is 40.0 Å². The molecule has 4 nitrogen and oxygen atoms in total. The van der Waals surface area contributed by atoms with Gasteiger partial charge in [0.05, 0.1) is 16.7 Å². The highest BCUT2D eigenvalue weighted by Crippen LogP contribution is 2.43. The SMILES string of the molecule is CC(C)(C)C(C)(C)c1ccnc(-c2cccc3oc4c(ccn5c6ccccc6nc45)c23)c1. The Morgan fingerprint density at radius 3 is 2.52 bits per heavy atom. The van der Waals surface area contributed by atoms with Crippen molar-refractivity contribution in [2.75, 3.05) is 0 Å². The number of pyridine rings is 2. The van der Waals surface area contributed by atoms with Gasteiger partial charge in [-0.15, -0.1) is 0 Å². The van der Waals surface area contributed by atoms with Gasteiger partial charge in [0.15, 0.2) is 11.2 Å². The fourth-order valence-electron chi connectivity index (χ4n) is 4.62. The Bertz CT molecular complexity index is 1680. The summed E-state index contributed by atoms with van der Waals surface area (Å²) in [6.45, 7) is 11.5. The number of aromatic nitrogens is 3. The fraction of sp³-hybridized carbons (Fsp3) is 0.241. The van der Waals surface area contributed by atoms with E-state index in [0.29, 0.717) is 0 Å². The third kappa shape index (κ3) is 2.83. The van der Waals surface area contributed by atoms with Crippen LogP contribution in [0.3, 0.4) is 0 Å². The first-order chi connectivity index (χ1) is 15.8. The largest absolute Gasteiger partial charge is 0.452 e. The molecule has 0 amide bonds.